The number of methoxy groups -OCH3 is 1. The molecule has 0 radical (unpaired) electrons. The summed E-state index contributed by atoms with van der Waals surface area (Å²) >= 11 is 0. The Labute approximate surface area is 160 Å². The maximum Gasteiger partial charge on any atom is 0.308 e. The minimum atomic E-state index is -0.333. The van der Waals surface area contributed by atoms with E-state index in [2.05, 4.69) is 10.2 Å². The number of carbonyl (C=O) groups excluding carboxylic acids is 3. The molecule has 1 aromatic rings. The van der Waals surface area contributed by atoms with Gasteiger partial charge in [-0.2, -0.15) is 0 Å². The van der Waals surface area contributed by atoms with E-state index >= 15 is 0 Å². The number of likely N-dealkylation sites (tertiary alicyclic amines) is 1. The van der Waals surface area contributed by atoms with Gasteiger partial charge in [-0.1, -0.05) is 17.7 Å². The van der Waals surface area contributed by atoms with Crippen LogP contribution in [0.1, 0.15) is 25.3 Å². The van der Waals surface area contributed by atoms with Crippen molar-refractivity contribution in [3.63, 3.8) is 0 Å². The highest BCUT2D eigenvalue weighted by Crippen LogP contribution is 2.20. The van der Waals surface area contributed by atoms with E-state index < -0.39 is 0 Å². The summed E-state index contributed by atoms with van der Waals surface area (Å²) in [5, 5.41) is 2.80. The van der Waals surface area contributed by atoms with Crippen LogP contribution in [0.3, 0.4) is 0 Å². The van der Waals surface area contributed by atoms with Crippen molar-refractivity contribution in [2.45, 2.75) is 32.7 Å². The van der Waals surface area contributed by atoms with E-state index in [0.717, 1.165) is 5.56 Å². The molecule has 0 spiro atoms. The largest absolute Gasteiger partial charge is 0.469 e. The molecule has 2 rings (SSSR count). The normalized spacial score (nSPS) is 16.4. The van der Waals surface area contributed by atoms with Crippen LogP contribution in [0.15, 0.2) is 24.3 Å². The van der Waals surface area contributed by atoms with Crippen molar-refractivity contribution < 1.29 is 19.1 Å². The average Bonchev–Trinajstić information content (AvgIpc) is 2.68. The lowest BCUT2D eigenvalue weighted by Gasteiger charge is -2.35. The van der Waals surface area contributed by atoms with Gasteiger partial charge in [0.05, 0.1) is 25.6 Å². The van der Waals surface area contributed by atoms with Gasteiger partial charge >= 0.3 is 5.97 Å². The molecule has 1 N–H and O–H groups in total. The van der Waals surface area contributed by atoms with Crippen molar-refractivity contribution in [1.82, 2.24) is 9.80 Å². The van der Waals surface area contributed by atoms with E-state index in [4.69, 9.17) is 4.74 Å². The van der Waals surface area contributed by atoms with Crippen LogP contribution in [0.5, 0.6) is 0 Å². The summed E-state index contributed by atoms with van der Waals surface area (Å²) in [4.78, 5) is 40.0. The van der Waals surface area contributed by atoms with Gasteiger partial charge in [0.25, 0.3) is 0 Å². The van der Waals surface area contributed by atoms with Gasteiger partial charge in [-0.05, 0) is 51.9 Å². The fourth-order valence-electron chi connectivity index (χ4n) is 3.29. The predicted molar refractivity (Wildman–Crippen MR) is 103 cm³/mol. The SMILES string of the molecule is COC(=O)C1CCN(C(C)C(=O)N(C)CC(=O)Nc2ccc(C)cc2)CC1. The van der Waals surface area contributed by atoms with Crippen molar-refractivity contribution in [2.24, 2.45) is 5.92 Å². The van der Waals surface area contributed by atoms with Crippen LogP contribution in [0.4, 0.5) is 5.69 Å². The smallest absolute Gasteiger partial charge is 0.308 e. The first-order valence-electron chi connectivity index (χ1n) is 9.25. The Morgan fingerprint density at radius 1 is 1.22 bits per heavy atom. The standard InChI is InChI=1S/C20H29N3O4/c1-14-5-7-17(8-6-14)21-18(24)13-22(3)19(25)15(2)23-11-9-16(10-12-23)20(26)27-4/h5-8,15-16H,9-13H2,1-4H3,(H,21,24). The summed E-state index contributed by atoms with van der Waals surface area (Å²) < 4.78 is 4.79. The molecule has 7 nitrogen and oxygen atoms in total. The van der Waals surface area contributed by atoms with Crippen LogP contribution in [-0.4, -0.2) is 67.4 Å². The van der Waals surface area contributed by atoms with Crippen molar-refractivity contribution in [2.75, 3.05) is 39.1 Å². The Bertz CT molecular complexity index is 666. The number of carbonyl (C=O) groups is 3. The number of aryl methyl sites for hydroxylation is 1. The topological polar surface area (TPSA) is 79.0 Å². The molecule has 148 valence electrons. The average molecular weight is 375 g/mol. The van der Waals surface area contributed by atoms with Crippen molar-refractivity contribution in [3.8, 4) is 0 Å². The van der Waals surface area contributed by atoms with E-state index in [0.29, 0.717) is 31.6 Å². The van der Waals surface area contributed by atoms with E-state index in [1.165, 1.54) is 12.0 Å². The quantitative estimate of drug-likeness (QED) is 0.765. The lowest BCUT2D eigenvalue weighted by atomic mass is 9.96. The number of rotatable bonds is 6. The van der Waals surface area contributed by atoms with Crippen molar-refractivity contribution in [3.05, 3.63) is 29.8 Å². The monoisotopic (exact) mass is 375 g/mol. The predicted octanol–water partition coefficient (Wildman–Crippen LogP) is 1.67. The van der Waals surface area contributed by atoms with Crippen LogP contribution in [0.25, 0.3) is 0 Å². The Balaban J connectivity index is 1.82. The first kappa shape index (κ1) is 20.9. The Morgan fingerprint density at radius 2 is 1.81 bits per heavy atom. The Morgan fingerprint density at radius 3 is 2.37 bits per heavy atom. The van der Waals surface area contributed by atoms with E-state index in [1.807, 2.05) is 38.1 Å². The van der Waals surface area contributed by atoms with Gasteiger partial charge in [0, 0.05) is 12.7 Å². The van der Waals surface area contributed by atoms with Gasteiger partial charge in [0.15, 0.2) is 0 Å². The number of piperidine rings is 1. The molecule has 1 aliphatic rings. The Hall–Kier alpha value is -2.41. The molecule has 0 saturated carbocycles. The van der Waals surface area contributed by atoms with Gasteiger partial charge < -0.3 is 15.0 Å². The van der Waals surface area contributed by atoms with Gasteiger partial charge in [-0.25, -0.2) is 0 Å². The lowest BCUT2D eigenvalue weighted by Crippen LogP contribution is -2.50. The van der Waals surface area contributed by atoms with E-state index in [1.54, 1.807) is 7.05 Å². The third-order valence-electron chi connectivity index (χ3n) is 5.06. The van der Waals surface area contributed by atoms with Crippen LogP contribution >= 0.6 is 0 Å². The summed E-state index contributed by atoms with van der Waals surface area (Å²) in [7, 11) is 3.03. The summed E-state index contributed by atoms with van der Waals surface area (Å²) in [5.41, 5.74) is 1.83. The molecule has 1 aliphatic heterocycles. The number of hydrogen-bond donors (Lipinski definition) is 1. The number of nitrogens with zero attached hydrogens (tertiary/aromatic N) is 2. The zero-order valence-electron chi connectivity index (χ0n) is 16.5. The molecule has 0 bridgehead atoms. The molecular weight excluding hydrogens is 346 g/mol. The zero-order valence-corrected chi connectivity index (χ0v) is 16.5. The highest BCUT2D eigenvalue weighted by Gasteiger charge is 2.31. The number of nitrogens with one attached hydrogen (secondary N) is 1. The molecule has 2 amide bonds. The van der Waals surface area contributed by atoms with E-state index in [-0.39, 0.29) is 36.3 Å². The molecule has 0 aromatic heterocycles. The molecule has 1 unspecified atom stereocenters. The van der Waals surface area contributed by atoms with Gasteiger partial charge in [-0.3, -0.25) is 19.3 Å². The van der Waals surface area contributed by atoms with Crippen LogP contribution < -0.4 is 5.32 Å². The van der Waals surface area contributed by atoms with Gasteiger partial charge in [0.2, 0.25) is 11.8 Å². The first-order chi connectivity index (χ1) is 12.8. The molecule has 7 heteroatoms. The summed E-state index contributed by atoms with van der Waals surface area (Å²) in [6, 6.07) is 7.18. The second kappa shape index (κ2) is 9.50. The number of hydrogen-bond acceptors (Lipinski definition) is 5. The third kappa shape index (κ3) is 5.79. The second-order valence-electron chi connectivity index (χ2n) is 7.12. The maximum absolute atomic E-state index is 12.7. The fraction of sp³-hybridized carbons (Fsp3) is 0.550. The molecule has 27 heavy (non-hydrogen) atoms. The second-order valence-corrected chi connectivity index (χ2v) is 7.12. The molecule has 1 aromatic carbocycles. The van der Waals surface area contributed by atoms with Crippen LogP contribution in [0, 0.1) is 12.8 Å². The number of anilines is 1. The van der Waals surface area contributed by atoms with Gasteiger partial charge in [-0.15, -0.1) is 0 Å². The zero-order chi connectivity index (χ0) is 20.0. The highest BCUT2D eigenvalue weighted by molar-refractivity contribution is 5.95. The van der Waals surface area contributed by atoms with Crippen LogP contribution in [-0.2, 0) is 19.1 Å². The van der Waals surface area contributed by atoms with E-state index in [9.17, 15) is 14.4 Å². The lowest BCUT2D eigenvalue weighted by molar-refractivity contribution is -0.147. The minimum Gasteiger partial charge on any atom is -0.469 e. The first-order valence-corrected chi connectivity index (χ1v) is 9.25. The number of benzene rings is 1. The molecule has 1 saturated heterocycles. The molecule has 0 aliphatic carbocycles. The molecule has 1 fully saturated rings. The Kier molecular flexibility index (Phi) is 7.36. The highest BCUT2D eigenvalue weighted by atomic mass is 16.5. The fourth-order valence-corrected chi connectivity index (χ4v) is 3.29. The number of amides is 2. The molecular formula is C20H29N3O4. The van der Waals surface area contributed by atoms with Crippen molar-refractivity contribution >= 4 is 23.5 Å². The minimum absolute atomic E-state index is 0.00429. The molecule has 1 atom stereocenters. The van der Waals surface area contributed by atoms with Crippen LogP contribution in [0.2, 0.25) is 0 Å². The number of esters is 1. The summed E-state index contributed by atoms with van der Waals surface area (Å²) in [6.07, 6.45) is 1.36. The van der Waals surface area contributed by atoms with Gasteiger partial charge in [0.1, 0.15) is 0 Å². The maximum atomic E-state index is 12.7. The number of likely N-dealkylation sites (N-methyl/N-ethyl adjacent to an activating group) is 1. The summed E-state index contributed by atoms with van der Waals surface area (Å²) in [6.45, 7) is 5.14. The number of ether oxygens (including phenoxy) is 1. The third-order valence-corrected chi connectivity index (χ3v) is 5.06. The molecule has 1 heterocycles. The summed E-state index contributed by atoms with van der Waals surface area (Å²) in [5.74, 6) is -0.609. The van der Waals surface area contributed by atoms with Crippen molar-refractivity contribution in [1.29, 1.82) is 0 Å².